The highest BCUT2D eigenvalue weighted by Gasteiger charge is 2.22. The minimum absolute atomic E-state index is 0.00273. The van der Waals surface area contributed by atoms with Crippen LogP contribution in [0.2, 0.25) is 0 Å². The molecule has 1 aliphatic heterocycles. The average molecular weight is 301 g/mol. The molecule has 1 aromatic rings. The van der Waals surface area contributed by atoms with Crippen LogP contribution in [0.15, 0.2) is 30.3 Å². The van der Waals surface area contributed by atoms with E-state index >= 15 is 0 Å². The molecule has 5 nitrogen and oxygen atoms in total. The zero-order chi connectivity index (χ0) is 15.9. The van der Waals surface area contributed by atoms with E-state index in [1.807, 2.05) is 44.2 Å². The van der Waals surface area contributed by atoms with Gasteiger partial charge >= 0.3 is 6.03 Å². The number of carbonyl (C=O) groups excluding carboxylic acids is 2. The van der Waals surface area contributed by atoms with E-state index in [2.05, 4.69) is 5.32 Å². The number of nitrogens with one attached hydrogen (secondary N) is 1. The van der Waals surface area contributed by atoms with Gasteiger partial charge in [-0.1, -0.05) is 29.8 Å². The van der Waals surface area contributed by atoms with Crippen LogP contribution in [0.4, 0.5) is 4.79 Å². The van der Waals surface area contributed by atoms with Crippen LogP contribution in [0, 0.1) is 6.92 Å². The molecule has 0 bridgehead atoms. The third-order valence-electron chi connectivity index (χ3n) is 3.67. The van der Waals surface area contributed by atoms with E-state index < -0.39 is 0 Å². The fourth-order valence-corrected chi connectivity index (χ4v) is 2.44. The van der Waals surface area contributed by atoms with Gasteiger partial charge in [-0.15, -0.1) is 0 Å². The van der Waals surface area contributed by atoms with E-state index in [4.69, 9.17) is 0 Å². The van der Waals surface area contributed by atoms with Gasteiger partial charge in [-0.3, -0.25) is 4.79 Å². The third-order valence-corrected chi connectivity index (χ3v) is 3.67. The number of rotatable bonds is 3. The summed E-state index contributed by atoms with van der Waals surface area (Å²) in [6, 6.07) is 7.97. The van der Waals surface area contributed by atoms with E-state index in [1.165, 1.54) is 5.56 Å². The normalized spacial score (nSPS) is 15.2. The minimum atomic E-state index is -0.0510. The predicted molar refractivity (Wildman–Crippen MR) is 87.4 cm³/mol. The lowest BCUT2D eigenvalue weighted by Gasteiger charge is -2.34. The first-order chi connectivity index (χ1) is 10.6. The van der Waals surface area contributed by atoms with Crippen LogP contribution in [-0.4, -0.2) is 54.5 Å². The zero-order valence-corrected chi connectivity index (χ0v) is 13.2. The predicted octanol–water partition coefficient (Wildman–Crippen LogP) is 1.88. The molecule has 0 aromatic heterocycles. The quantitative estimate of drug-likeness (QED) is 0.867. The van der Waals surface area contributed by atoms with E-state index in [-0.39, 0.29) is 11.9 Å². The Hall–Kier alpha value is -2.30. The van der Waals surface area contributed by atoms with Crippen molar-refractivity contribution >= 4 is 18.0 Å². The summed E-state index contributed by atoms with van der Waals surface area (Å²) in [5, 5.41) is 2.78. The summed E-state index contributed by atoms with van der Waals surface area (Å²) in [5.41, 5.74) is 2.19. The summed E-state index contributed by atoms with van der Waals surface area (Å²) < 4.78 is 0. The van der Waals surface area contributed by atoms with Crippen LogP contribution in [-0.2, 0) is 4.79 Å². The van der Waals surface area contributed by atoms with Crippen molar-refractivity contribution in [3.8, 4) is 0 Å². The molecule has 1 heterocycles. The van der Waals surface area contributed by atoms with Crippen LogP contribution in [0.1, 0.15) is 18.1 Å². The Labute approximate surface area is 131 Å². The number of aryl methyl sites for hydroxylation is 1. The van der Waals surface area contributed by atoms with Gasteiger partial charge in [-0.05, 0) is 25.5 Å². The van der Waals surface area contributed by atoms with Crippen LogP contribution in [0.3, 0.4) is 0 Å². The molecule has 22 heavy (non-hydrogen) atoms. The summed E-state index contributed by atoms with van der Waals surface area (Å²) in [7, 11) is 0. The number of nitrogens with zero attached hydrogens (tertiary/aromatic N) is 2. The highest BCUT2D eigenvalue weighted by Crippen LogP contribution is 2.08. The summed E-state index contributed by atoms with van der Waals surface area (Å²) in [6.45, 7) is 6.86. The number of benzene rings is 1. The lowest BCUT2D eigenvalue weighted by Crippen LogP contribution is -2.52. The van der Waals surface area contributed by atoms with E-state index in [0.29, 0.717) is 32.7 Å². The van der Waals surface area contributed by atoms with Gasteiger partial charge in [0.25, 0.3) is 0 Å². The molecule has 1 aliphatic rings. The van der Waals surface area contributed by atoms with Gasteiger partial charge in [0.2, 0.25) is 5.91 Å². The molecule has 3 amide bonds. The van der Waals surface area contributed by atoms with Crippen molar-refractivity contribution in [1.29, 1.82) is 0 Å². The summed E-state index contributed by atoms with van der Waals surface area (Å²) in [6.07, 6.45) is 3.45. The Balaban J connectivity index is 1.86. The largest absolute Gasteiger partial charge is 0.338 e. The Morgan fingerprint density at radius 3 is 2.50 bits per heavy atom. The first kappa shape index (κ1) is 16.1. The van der Waals surface area contributed by atoms with E-state index in [1.54, 1.807) is 15.9 Å². The maximum Gasteiger partial charge on any atom is 0.317 e. The molecule has 1 aromatic carbocycles. The number of hydrogen-bond donors (Lipinski definition) is 1. The lowest BCUT2D eigenvalue weighted by molar-refractivity contribution is -0.127. The summed E-state index contributed by atoms with van der Waals surface area (Å²) >= 11 is 0. The monoisotopic (exact) mass is 301 g/mol. The van der Waals surface area contributed by atoms with Crippen molar-refractivity contribution in [1.82, 2.24) is 15.1 Å². The SMILES string of the molecule is CCNC(=O)N1CCN(C(=O)/C=C/c2cccc(C)c2)CC1. The molecule has 0 unspecified atom stereocenters. The first-order valence-electron chi connectivity index (χ1n) is 7.66. The number of carbonyl (C=O) groups is 2. The van der Waals surface area contributed by atoms with Crippen molar-refractivity contribution in [3.63, 3.8) is 0 Å². The van der Waals surface area contributed by atoms with Crippen molar-refractivity contribution in [2.45, 2.75) is 13.8 Å². The standard InChI is InChI=1S/C17H23N3O2/c1-3-18-17(22)20-11-9-19(10-12-20)16(21)8-7-15-6-4-5-14(2)13-15/h4-8,13H,3,9-12H2,1-2H3,(H,18,22)/b8-7+. The molecule has 2 rings (SSSR count). The van der Waals surface area contributed by atoms with Gasteiger partial charge < -0.3 is 15.1 Å². The molecule has 118 valence electrons. The Kier molecular flexibility index (Phi) is 5.58. The molecule has 1 N–H and O–H groups in total. The number of urea groups is 1. The molecule has 0 saturated carbocycles. The van der Waals surface area contributed by atoms with Crippen molar-refractivity contribution in [3.05, 3.63) is 41.5 Å². The molecule has 0 radical (unpaired) electrons. The molecular formula is C17H23N3O2. The second-order valence-electron chi connectivity index (χ2n) is 5.40. The molecular weight excluding hydrogens is 278 g/mol. The zero-order valence-electron chi connectivity index (χ0n) is 13.2. The molecule has 0 spiro atoms. The van der Waals surface area contributed by atoms with Gasteiger partial charge in [0, 0.05) is 38.8 Å². The van der Waals surface area contributed by atoms with Crippen LogP contribution < -0.4 is 5.32 Å². The van der Waals surface area contributed by atoms with Gasteiger partial charge in [0.1, 0.15) is 0 Å². The number of hydrogen-bond acceptors (Lipinski definition) is 2. The molecule has 5 heteroatoms. The van der Waals surface area contributed by atoms with Gasteiger partial charge in [-0.25, -0.2) is 4.79 Å². The van der Waals surface area contributed by atoms with Crippen LogP contribution in [0.25, 0.3) is 6.08 Å². The smallest absolute Gasteiger partial charge is 0.317 e. The van der Waals surface area contributed by atoms with Crippen molar-refractivity contribution in [2.75, 3.05) is 32.7 Å². The maximum atomic E-state index is 12.2. The fourth-order valence-electron chi connectivity index (χ4n) is 2.44. The lowest BCUT2D eigenvalue weighted by atomic mass is 10.1. The molecule has 0 aliphatic carbocycles. The second kappa shape index (κ2) is 7.64. The summed E-state index contributed by atoms with van der Waals surface area (Å²) in [5.74, 6) is -0.00273. The Bertz CT molecular complexity index is 561. The molecule has 0 atom stereocenters. The van der Waals surface area contributed by atoms with E-state index in [9.17, 15) is 9.59 Å². The highest BCUT2D eigenvalue weighted by molar-refractivity contribution is 5.92. The Morgan fingerprint density at radius 1 is 1.18 bits per heavy atom. The van der Waals surface area contributed by atoms with Crippen LogP contribution in [0.5, 0.6) is 0 Å². The van der Waals surface area contributed by atoms with Gasteiger partial charge in [0.05, 0.1) is 0 Å². The molecule has 1 saturated heterocycles. The first-order valence-corrected chi connectivity index (χ1v) is 7.66. The van der Waals surface area contributed by atoms with Crippen molar-refractivity contribution in [2.24, 2.45) is 0 Å². The molecule has 1 fully saturated rings. The topological polar surface area (TPSA) is 52.7 Å². The maximum absolute atomic E-state index is 12.2. The minimum Gasteiger partial charge on any atom is -0.338 e. The third kappa shape index (κ3) is 4.35. The van der Waals surface area contributed by atoms with E-state index in [0.717, 1.165) is 5.56 Å². The summed E-state index contributed by atoms with van der Waals surface area (Å²) in [4.78, 5) is 27.4. The van der Waals surface area contributed by atoms with Gasteiger partial charge in [0.15, 0.2) is 0 Å². The number of piperazine rings is 1. The Morgan fingerprint density at radius 2 is 1.86 bits per heavy atom. The fraction of sp³-hybridized carbons (Fsp3) is 0.412. The van der Waals surface area contributed by atoms with Crippen LogP contribution >= 0.6 is 0 Å². The number of amides is 3. The van der Waals surface area contributed by atoms with Crippen molar-refractivity contribution < 1.29 is 9.59 Å². The highest BCUT2D eigenvalue weighted by atomic mass is 16.2. The average Bonchev–Trinajstić information content (AvgIpc) is 2.53. The second-order valence-corrected chi connectivity index (χ2v) is 5.40. The van der Waals surface area contributed by atoms with Gasteiger partial charge in [-0.2, -0.15) is 0 Å².